The summed E-state index contributed by atoms with van der Waals surface area (Å²) in [7, 11) is 5.42. The molecule has 0 bridgehead atoms. The number of hydrogen-bond acceptors (Lipinski definition) is 7. The van der Waals surface area contributed by atoms with Crippen molar-refractivity contribution in [3.05, 3.63) is 12.2 Å². The van der Waals surface area contributed by atoms with Gasteiger partial charge in [0.05, 0.1) is 40.3 Å². The van der Waals surface area contributed by atoms with Crippen LogP contribution < -0.4 is 5.11 Å². The van der Waals surface area contributed by atoms with E-state index >= 15 is 0 Å². The Morgan fingerprint density at radius 1 is 0.509 bits per heavy atom. The molecule has 0 aromatic carbocycles. The topological polar surface area (TPSA) is 102 Å². The molecule has 0 radical (unpaired) electrons. The molecule has 0 aromatic heterocycles. The fraction of sp³-hybridized carbons (Fsp3) is 0.898. The number of esters is 2. The van der Waals surface area contributed by atoms with Crippen LogP contribution in [-0.4, -0.2) is 75.5 Å². The summed E-state index contributed by atoms with van der Waals surface area (Å²) in [5.74, 6) is -1.72. The number of aliphatic carboxylic acids is 1. The van der Waals surface area contributed by atoms with Crippen molar-refractivity contribution in [1.82, 2.24) is 0 Å². The highest BCUT2D eigenvalue weighted by atomic mass is 16.6. The van der Waals surface area contributed by atoms with Gasteiger partial charge in [-0.15, -0.1) is 0 Å². The third-order valence-electron chi connectivity index (χ3n) is 11.2. The van der Waals surface area contributed by atoms with Crippen LogP contribution in [0, 0.1) is 0 Å². The zero-order valence-electron chi connectivity index (χ0n) is 38.3. The van der Waals surface area contributed by atoms with Crippen molar-refractivity contribution < 1.29 is 38.2 Å². The number of likely N-dealkylation sites (N-methyl/N-ethyl adjacent to an activating group) is 1. The number of ether oxygens (including phenoxy) is 3. The maximum atomic E-state index is 12.7. The summed E-state index contributed by atoms with van der Waals surface area (Å²) in [6.45, 7) is 4.69. The molecule has 0 fully saturated rings. The van der Waals surface area contributed by atoms with Gasteiger partial charge in [-0.3, -0.25) is 9.59 Å². The summed E-state index contributed by atoms with van der Waals surface area (Å²) < 4.78 is 17.2. The van der Waals surface area contributed by atoms with Crippen LogP contribution in [0.15, 0.2) is 12.2 Å². The lowest BCUT2D eigenvalue weighted by Gasteiger charge is -2.34. The molecule has 57 heavy (non-hydrogen) atoms. The molecule has 0 rings (SSSR count). The molecule has 0 spiro atoms. The van der Waals surface area contributed by atoms with E-state index < -0.39 is 18.1 Å². The Morgan fingerprint density at radius 3 is 1.26 bits per heavy atom. The zero-order valence-corrected chi connectivity index (χ0v) is 38.3. The van der Waals surface area contributed by atoms with Gasteiger partial charge in [0, 0.05) is 19.3 Å². The molecule has 8 nitrogen and oxygen atoms in total. The van der Waals surface area contributed by atoms with Crippen LogP contribution in [0.1, 0.15) is 232 Å². The zero-order chi connectivity index (χ0) is 42.1. The van der Waals surface area contributed by atoms with Gasteiger partial charge >= 0.3 is 11.9 Å². The summed E-state index contributed by atoms with van der Waals surface area (Å²) in [5, 5.41) is 11.6. The highest BCUT2D eigenvalue weighted by Crippen LogP contribution is 2.16. The summed E-state index contributed by atoms with van der Waals surface area (Å²) in [6, 6.07) is -0.722. The van der Waals surface area contributed by atoms with E-state index in [2.05, 4.69) is 26.0 Å². The molecular formula is C49H93NO7. The van der Waals surface area contributed by atoms with Gasteiger partial charge in [0.25, 0.3) is 0 Å². The Hall–Kier alpha value is -1.93. The van der Waals surface area contributed by atoms with Gasteiger partial charge in [-0.25, -0.2) is 0 Å². The molecule has 0 aromatic rings. The fourth-order valence-corrected chi connectivity index (χ4v) is 7.36. The Morgan fingerprint density at radius 2 is 0.877 bits per heavy atom. The minimum absolute atomic E-state index is 0.0459. The van der Waals surface area contributed by atoms with E-state index in [1.807, 2.05) is 0 Å². The summed E-state index contributed by atoms with van der Waals surface area (Å²) >= 11 is 0. The molecule has 0 heterocycles. The lowest BCUT2D eigenvalue weighted by molar-refractivity contribution is -0.889. The largest absolute Gasteiger partial charge is 0.544 e. The monoisotopic (exact) mass is 808 g/mol. The van der Waals surface area contributed by atoms with E-state index in [9.17, 15) is 19.5 Å². The second kappa shape index (κ2) is 40.8. The van der Waals surface area contributed by atoms with Crippen molar-refractivity contribution in [1.29, 1.82) is 0 Å². The molecule has 8 heteroatoms. The standard InChI is InChI=1S/C49H93NO7/c1-6-8-10-12-14-16-18-20-22-23-24-25-26-28-30-32-34-36-38-40-48(52)57-45(43-55-42-41-46(49(53)54)50(3,4)5)44-56-47(51)39-37-35-33-31-29-27-21-19-17-15-13-11-9-7-2/h20,22,45-46H,6-19,21,23-44H2,1-5H3/b22-20-. The number of carboxylic acid groups (broad SMARTS) is 1. The molecular weight excluding hydrogens is 715 g/mol. The second-order valence-electron chi connectivity index (χ2n) is 17.7. The van der Waals surface area contributed by atoms with Crippen molar-refractivity contribution in [3.63, 3.8) is 0 Å². The summed E-state index contributed by atoms with van der Waals surface area (Å²) in [5.41, 5.74) is 0. The van der Waals surface area contributed by atoms with Gasteiger partial charge in [-0.05, 0) is 38.5 Å². The molecule has 336 valence electrons. The molecule has 0 saturated carbocycles. The van der Waals surface area contributed by atoms with Crippen molar-refractivity contribution in [2.24, 2.45) is 0 Å². The van der Waals surface area contributed by atoms with Crippen LogP contribution >= 0.6 is 0 Å². The predicted molar refractivity (Wildman–Crippen MR) is 236 cm³/mol. The quantitative estimate of drug-likeness (QED) is 0.0261. The molecule has 0 aliphatic carbocycles. The van der Waals surface area contributed by atoms with E-state index in [1.54, 1.807) is 21.1 Å². The van der Waals surface area contributed by atoms with E-state index in [1.165, 1.54) is 161 Å². The Labute approximate surface area is 352 Å². The molecule has 2 atom stereocenters. The molecule has 0 saturated heterocycles. The number of rotatable bonds is 44. The van der Waals surface area contributed by atoms with Crippen molar-refractivity contribution in [2.45, 2.75) is 244 Å². The number of carbonyl (C=O) groups excluding carboxylic acids is 3. The minimum atomic E-state index is -1.12. The number of unbranched alkanes of at least 4 members (excludes halogenated alkanes) is 28. The van der Waals surface area contributed by atoms with Gasteiger partial charge in [-0.2, -0.15) is 0 Å². The third-order valence-corrected chi connectivity index (χ3v) is 11.2. The summed E-state index contributed by atoms with van der Waals surface area (Å²) in [6.07, 6.45) is 43.7. The number of nitrogens with zero attached hydrogens (tertiary/aromatic N) is 1. The average Bonchev–Trinajstić information content (AvgIpc) is 3.17. The first-order chi connectivity index (χ1) is 27.6. The van der Waals surface area contributed by atoms with Crippen molar-refractivity contribution >= 4 is 17.9 Å². The van der Waals surface area contributed by atoms with Crippen LogP contribution in [0.5, 0.6) is 0 Å². The van der Waals surface area contributed by atoms with Gasteiger partial charge in [0.1, 0.15) is 12.6 Å². The van der Waals surface area contributed by atoms with E-state index in [0.717, 1.165) is 38.5 Å². The fourth-order valence-electron chi connectivity index (χ4n) is 7.36. The highest BCUT2D eigenvalue weighted by Gasteiger charge is 2.25. The van der Waals surface area contributed by atoms with Gasteiger partial charge < -0.3 is 28.6 Å². The summed E-state index contributed by atoms with van der Waals surface area (Å²) in [4.78, 5) is 36.9. The highest BCUT2D eigenvalue weighted by molar-refractivity contribution is 5.70. The minimum Gasteiger partial charge on any atom is -0.544 e. The van der Waals surface area contributed by atoms with Crippen LogP contribution in [-0.2, 0) is 28.6 Å². The Balaban J connectivity index is 4.25. The van der Waals surface area contributed by atoms with Gasteiger partial charge in [0.15, 0.2) is 6.10 Å². The van der Waals surface area contributed by atoms with Crippen molar-refractivity contribution in [3.8, 4) is 0 Å². The number of carbonyl (C=O) groups is 3. The van der Waals surface area contributed by atoms with E-state index in [-0.39, 0.29) is 42.7 Å². The van der Waals surface area contributed by atoms with E-state index in [0.29, 0.717) is 12.8 Å². The molecule has 0 aliphatic rings. The van der Waals surface area contributed by atoms with Crippen LogP contribution in [0.25, 0.3) is 0 Å². The molecule has 0 amide bonds. The number of quaternary nitrogens is 1. The van der Waals surface area contributed by atoms with Gasteiger partial charge in [0.2, 0.25) is 0 Å². The molecule has 0 N–H and O–H groups in total. The lowest BCUT2D eigenvalue weighted by atomic mass is 10.0. The average molecular weight is 808 g/mol. The van der Waals surface area contributed by atoms with Crippen molar-refractivity contribution in [2.75, 3.05) is 41.0 Å². The first-order valence-corrected chi connectivity index (χ1v) is 24.2. The maximum absolute atomic E-state index is 12.7. The Kier molecular flexibility index (Phi) is 39.4. The number of hydrogen-bond donors (Lipinski definition) is 0. The SMILES string of the molecule is CCCCCCCC/C=C\CCCCCCCCCCCC(=O)OC(COCCC(C(=O)[O-])[N+](C)(C)C)COC(=O)CCCCCCCCCCCCCCCC. The maximum Gasteiger partial charge on any atom is 0.306 e. The van der Waals surface area contributed by atoms with E-state index in [4.69, 9.17) is 14.2 Å². The van der Waals surface area contributed by atoms with Crippen LogP contribution in [0.4, 0.5) is 0 Å². The number of allylic oxidation sites excluding steroid dienone is 2. The predicted octanol–water partition coefficient (Wildman–Crippen LogP) is 12.1. The van der Waals surface area contributed by atoms with Crippen LogP contribution in [0.3, 0.4) is 0 Å². The Bertz CT molecular complexity index is 947. The smallest absolute Gasteiger partial charge is 0.306 e. The van der Waals surface area contributed by atoms with Gasteiger partial charge in [-0.1, -0.05) is 187 Å². The van der Waals surface area contributed by atoms with Crippen LogP contribution in [0.2, 0.25) is 0 Å². The first-order valence-electron chi connectivity index (χ1n) is 24.2. The lowest BCUT2D eigenvalue weighted by Crippen LogP contribution is -2.55. The normalized spacial score (nSPS) is 12.9. The second-order valence-corrected chi connectivity index (χ2v) is 17.7. The number of carboxylic acids is 1. The molecule has 0 aliphatic heterocycles. The first kappa shape index (κ1) is 55.1. The third kappa shape index (κ3) is 39.3. The molecule has 2 unspecified atom stereocenters.